The minimum Gasteiger partial charge on any atom is -0.397 e. The van der Waals surface area contributed by atoms with E-state index >= 15 is 0 Å². The zero-order chi connectivity index (χ0) is 11.0. The van der Waals surface area contributed by atoms with Crippen LogP contribution in [0.2, 0.25) is 0 Å². The molecule has 1 aromatic heterocycles. The number of carbonyl (C=O) groups is 1. The number of nitrogen functional groups attached to an aromatic ring is 1. The summed E-state index contributed by atoms with van der Waals surface area (Å²) in [6, 6.07) is 5.61. The van der Waals surface area contributed by atoms with Crippen LogP contribution in [0, 0.1) is 6.92 Å². The van der Waals surface area contributed by atoms with Gasteiger partial charge in [-0.2, -0.15) is 0 Å². The number of Topliss-reactive ketones (excluding diaryl/α,β-unsaturated/α-hetero) is 1. The molecule has 1 heterocycles. The van der Waals surface area contributed by atoms with Gasteiger partial charge in [-0.3, -0.25) is 9.78 Å². The molecule has 0 fully saturated rings. The molecule has 0 radical (unpaired) electrons. The van der Waals surface area contributed by atoms with Crippen molar-refractivity contribution >= 4 is 22.4 Å². The zero-order valence-electron chi connectivity index (χ0n) is 8.74. The van der Waals surface area contributed by atoms with Crippen LogP contribution >= 0.6 is 0 Å². The van der Waals surface area contributed by atoms with E-state index in [1.54, 1.807) is 13.1 Å². The molecule has 0 atom stereocenters. The van der Waals surface area contributed by atoms with Crippen LogP contribution in [0.15, 0.2) is 24.4 Å². The third-order valence-electron chi connectivity index (χ3n) is 2.58. The zero-order valence-corrected chi connectivity index (χ0v) is 8.74. The maximum atomic E-state index is 11.3. The van der Waals surface area contributed by atoms with Crippen LogP contribution in [0.3, 0.4) is 0 Å². The number of aryl methyl sites for hydroxylation is 1. The average Bonchev–Trinajstić information content (AvgIpc) is 2.19. The van der Waals surface area contributed by atoms with E-state index in [0.717, 1.165) is 16.5 Å². The van der Waals surface area contributed by atoms with Crippen molar-refractivity contribution in [3.05, 3.63) is 35.5 Å². The number of benzene rings is 1. The van der Waals surface area contributed by atoms with Gasteiger partial charge in [-0.05, 0) is 25.5 Å². The van der Waals surface area contributed by atoms with E-state index in [2.05, 4.69) is 4.98 Å². The number of fused-ring (bicyclic) bond motifs is 1. The first kappa shape index (κ1) is 9.65. The van der Waals surface area contributed by atoms with Crippen LogP contribution < -0.4 is 5.73 Å². The molecule has 0 amide bonds. The summed E-state index contributed by atoms with van der Waals surface area (Å²) < 4.78 is 0. The Balaban J connectivity index is 2.86. The number of anilines is 1. The van der Waals surface area contributed by atoms with Crippen molar-refractivity contribution in [2.75, 3.05) is 5.73 Å². The second-order valence-electron chi connectivity index (χ2n) is 3.60. The number of nitrogens with zero attached hydrogens (tertiary/aromatic N) is 1. The molecular weight excluding hydrogens is 188 g/mol. The SMILES string of the molecule is CC(=O)c1cnc2c(N)cccc2c1C. The lowest BCUT2D eigenvalue weighted by molar-refractivity contribution is 0.101. The summed E-state index contributed by atoms with van der Waals surface area (Å²) in [7, 11) is 0. The fourth-order valence-electron chi connectivity index (χ4n) is 1.73. The molecule has 0 aliphatic carbocycles. The molecular formula is C12H12N2O. The summed E-state index contributed by atoms with van der Waals surface area (Å²) in [5, 5.41) is 0.947. The summed E-state index contributed by atoms with van der Waals surface area (Å²) in [6.45, 7) is 3.46. The van der Waals surface area contributed by atoms with E-state index in [1.165, 1.54) is 0 Å². The Morgan fingerprint density at radius 1 is 1.40 bits per heavy atom. The molecule has 2 rings (SSSR count). The third-order valence-corrected chi connectivity index (χ3v) is 2.58. The monoisotopic (exact) mass is 200 g/mol. The van der Waals surface area contributed by atoms with Crippen LogP contribution in [0.1, 0.15) is 22.8 Å². The predicted octanol–water partition coefficient (Wildman–Crippen LogP) is 2.33. The fraction of sp³-hybridized carbons (Fsp3) is 0.167. The normalized spacial score (nSPS) is 10.5. The Labute approximate surface area is 87.9 Å². The van der Waals surface area contributed by atoms with Gasteiger partial charge in [0, 0.05) is 17.1 Å². The van der Waals surface area contributed by atoms with E-state index in [4.69, 9.17) is 5.73 Å². The number of aromatic nitrogens is 1. The Kier molecular flexibility index (Phi) is 2.15. The number of pyridine rings is 1. The lowest BCUT2D eigenvalue weighted by Crippen LogP contribution is -2.00. The quantitative estimate of drug-likeness (QED) is 0.567. The Morgan fingerprint density at radius 3 is 2.80 bits per heavy atom. The van der Waals surface area contributed by atoms with Crippen LogP contribution in [0.4, 0.5) is 5.69 Å². The molecule has 2 N–H and O–H groups in total. The van der Waals surface area contributed by atoms with Gasteiger partial charge in [0.1, 0.15) is 0 Å². The summed E-state index contributed by atoms with van der Waals surface area (Å²) >= 11 is 0. The van der Waals surface area contributed by atoms with Gasteiger partial charge in [-0.15, -0.1) is 0 Å². The molecule has 0 aliphatic heterocycles. The molecule has 0 saturated heterocycles. The standard InChI is InChI=1S/C12H12N2O/c1-7-9-4-3-5-11(13)12(9)14-6-10(7)8(2)15/h3-6H,13H2,1-2H3. The van der Waals surface area contributed by atoms with E-state index in [-0.39, 0.29) is 5.78 Å². The molecule has 0 aliphatic rings. The molecule has 15 heavy (non-hydrogen) atoms. The van der Waals surface area contributed by atoms with Gasteiger partial charge >= 0.3 is 0 Å². The van der Waals surface area contributed by atoms with Crippen LogP contribution in [-0.2, 0) is 0 Å². The largest absolute Gasteiger partial charge is 0.397 e. The number of nitrogens with two attached hydrogens (primary N) is 1. The first-order valence-electron chi connectivity index (χ1n) is 4.76. The second kappa shape index (κ2) is 3.35. The van der Waals surface area contributed by atoms with Gasteiger partial charge in [0.15, 0.2) is 5.78 Å². The second-order valence-corrected chi connectivity index (χ2v) is 3.60. The lowest BCUT2D eigenvalue weighted by atomic mass is 10.0. The number of hydrogen-bond donors (Lipinski definition) is 1. The number of carbonyl (C=O) groups excluding carboxylic acids is 1. The third kappa shape index (κ3) is 1.46. The predicted molar refractivity (Wildman–Crippen MR) is 60.9 cm³/mol. The van der Waals surface area contributed by atoms with Gasteiger partial charge < -0.3 is 5.73 Å². The van der Waals surface area contributed by atoms with E-state index in [1.807, 2.05) is 25.1 Å². The molecule has 1 aromatic carbocycles. The van der Waals surface area contributed by atoms with Crippen LogP contribution in [0.5, 0.6) is 0 Å². The van der Waals surface area contributed by atoms with Gasteiger partial charge in [0.05, 0.1) is 11.2 Å². The summed E-state index contributed by atoms with van der Waals surface area (Å²) in [4.78, 5) is 15.5. The van der Waals surface area contributed by atoms with Gasteiger partial charge in [-0.25, -0.2) is 0 Å². The van der Waals surface area contributed by atoms with Crippen LogP contribution in [0.25, 0.3) is 10.9 Å². The Bertz CT molecular complexity index is 547. The highest BCUT2D eigenvalue weighted by molar-refractivity contribution is 6.01. The number of para-hydroxylation sites is 1. The minimum absolute atomic E-state index is 0.0318. The lowest BCUT2D eigenvalue weighted by Gasteiger charge is -2.07. The maximum Gasteiger partial charge on any atom is 0.161 e. The van der Waals surface area contributed by atoms with Crippen molar-refractivity contribution in [1.29, 1.82) is 0 Å². The van der Waals surface area contributed by atoms with Crippen molar-refractivity contribution in [2.45, 2.75) is 13.8 Å². The highest BCUT2D eigenvalue weighted by atomic mass is 16.1. The van der Waals surface area contributed by atoms with Gasteiger partial charge in [-0.1, -0.05) is 12.1 Å². The van der Waals surface area contributed by atoms with Crippen molar-refractivity contribution in [1.82, 2.24) is 4.98 Å². The Morgan fingerprint density at radius 2 is 2.13 bits per heavy atom. The minimum atomic E-state index is 0.0318. The average molecular weight is 200 g/mol. The van der Waals surface area contributed by atoms with Crippen molar-refractivity contribution < 1.29 is 4.79 Å². The fourth-order valence-corrected chi connectivity index (χ4v) is 1.73. The first-order chi connectivity index (χ1) is 7.11. The molecule has 2 aromatic rings. The van der Waals surface area contributed by atoms with E-state index in [0.29, 0.717) is 11.3 Å². The molecule has 0 unspecified atom stereocenters. The smallest absolute Gasteiger partial charge is 0.161 e. The summed E-state index contributed by atoms with van der Waals surface area (Å²) in [5.74, 6) is 0.0318. The summed E-state index contributed by atoms with van der Waals surface area (Å²) in [5.41, 5.74) is 8.82. The maximum absolute atomic E-state index is 11.3. The highest BCUT2D eigenvalue weighted by Gasteiger charge is 2.09. The van der Waals surface area contributed by atoms with Gasteiger partial charge in [0.25, 0.3) is 0 Å². The molecule has 76 valence electrons. The molecule has 0 bridgehead atoms. The number of ketones is 1. The summed E-state index contributed by atoms with van der Waals surface area (Å²) in [6.07, 6.45) is 1.59. The van der Waals surface area contributed by atoms with Crippen molar-refractivity contribution in [2.24, 2.45) is 0 Å². The number of rotatable bonds is 1. The first-order valence-corrected chi connectivity index (χ1v) is 4.76. The molecule has 3 nitrogen and oxygen atoms in total. The highest BCUT2D eigenvalue weighted by Crippen LogP contribution is 2.23. The molecule has 3 heteroatoms. The van der Waals surface area contributed by atoms with Crippen molar-refractivity contribution in [3.8, 4) is 0 Å². The van der Waals surface area contributed by atoms with Crippen LogP contribution in [-0.4, -0.2) is 10.8 Å². The molecule has 0 spiro atoms. The van der Waals surface area contributed by atoms with E-state index in [9.17, 15) is 4.79 Å². The molecule has 0 saturated carbocycles. The topological polar surface area (TPSA) is 56.0 Å². The number of hydrogen-bond acceptors (Lipinski definition) is 3. The Hall–Kier alpha value is -1.90. The van der Waals surface area contributed by atoms with Gasteiger partial charge in [0.2, 0.25) is 0 Å². The van der Waals surface area contributed by atoms with E-state index < -0.39 is 0 Å². The van der Waals surface area contributed by atoms with Crippen molar-refractivity contribution in [3.63, 3.8) is 0 Å².